The van der Waals surface area contributed by atoms with Crippen LogP contribution in [0, 0.1) is 6.33 Å². The van der Waals surface area contributed by atoms with Gasteiger partial charge < -0.3 is 13.7 Å². The molecule has 10 rings (SSSR count). The molecule has 0 fully saturated rings. The van der Waals surface area contributed by atoms with Gasteiger partial charge in [0.2, 0.25) is 6.33 Å². The maximum absolute atomic E-state index is 4.78. The fourth-order valence-corrected chi connectivity index (χ4v) is 8.19. The minimum atomic E-state index is -0.633. The summed E-state index contributed by atoms with van der Waals surface area (Å²) in [6, 6.07) is 57.3. The molecule has 0 bridgehead atoms. The molecule has 0 amide bonds. The molecule has 4 heteroatoms. The highest BCUT2D eigenvalue weighted by Gasteiger charge is 2.45. The SMILES string of the molecule is C[n+]1[c-]n(-c2cccc(C3(c4ccccc4)c4cc(-c5ccccn5)ccc4-n4c5ccccc5c5cccc3c54)c2)c2ccccc21. The number of aromatic nitrogens is 4. The Labute approximate surface area is 278 Å². The lowest BCUT2D eigenvalue weighted by Crippen LogP contribution is -2.35. The molecular formula is C44H30N4. The number of nitrogens with zero attached hydrogens (tertiary/aromatic N) is 4. The summed E-state index contributed by atoms with van der Waals surface area (Å²) in [5.41, 5.74) is 13.3. The number of aryl methyl sites for hydroxylation is 1. The molecule has 1 atom stereocenters. The predicted molar refractivity (Wildman–Crippen MR) is 193 cm³/mol. The van der Waals surface area contributed by atoms with E-state index in [2.05, 4.69) is 179 Å². The number of para-hydroxylation sites is 4. The summed E-state index contributed by atoms with van der Waals surface area (Å²) in [6.45, 7) is 0. The van der Waals surface area contributed by atoms with Crippen molar-refractivity contribution < 1.29 is 4.57 Å². The van der Waals surface area contributed by atoms with Crippen molar-refractivity contribution in [2.45, 2.75) is 5.41 Å². The number of benzene rings is 6. The van der Waals surface area contributed by atoms with Crippen LogP contribution in [0.25, 0.3) is 55.5 Å². The van der Waals surface area contributed by atoms with Crippen molar-refractivity contribution in [1.29, 1.82) is 0 Å². The summed E-state index contributed by atoms with van der Waals surface area (Å²) < 4.78 is 6.74. The monoisotopic (exact) mass is 614 g/mol. The molecular weight excluding hydrogens is 585 g/mol. The van der Waals surface area contributed by atoms with Crippen LogP contribution in [0.4, 0.5) is 0 Å². The molecule has 0 radical (unpaired) electrons. The van der Waals surface area contributed by atoms with Gasteiger partial charge in [0.15, 0.2) is 0 Å². The lowest BCUT2D eigenvalue weighted by Gasteiger charge is -2.42. The van der Waals surface area contributed by atoms with Crippen LogP contribution in [0.3, 0.4) is 0 Å². The van der Waals surface area contributed by atoms with E-state index in [0.29, 0.717) is 0 Å². The first-order valence-electron chi connectivity index (χ1n) is 16.4. The summed E-state index contributed by atoms with van der Waals surface area (Å²) in [5.74, 6) is 0. The van der Waals surface area contributed by atoms with Gasteiger partial charge in [0.1, 0.15) is 0 Å². The van der Waals surface area contributed by atoms with E-state index < -0.39 is 5.41 Å². The number of hydrogen-bond donors (Lipinski definition) is 0. The molecule has 3 aromatic heterocycles. The first kappa shape index (κ1) is 26.9. The molecule has 48 heavy (non-hydrogen) atoms. The smallest absolute Gasteiger partial charge is 0.244 e. The van der Waals surface area contributed by atoms with Crippen molar-refractivity contribution >= 4 is 32.8 Å². The summed E-state index contributed by atoms with van der Waals surface area (Å²) in [4.78, 5) is 4.78. The zero-order valence-electron chi connectivity index (χ0n) is 26.4. The molecule has 0 saturated carbocycles. The Morgan fingerprint density at radius 2 is 1.35 bits per heavy atom. The van der Waals surface area contributed by atoms with Gasteiger partial charge in [-0.3, -0.25) is 4.98 Å². The number of imidazole rings is 1. The summed E-state index contributed by atoms with van der Waals surface area (Å²) >= 11 is 0. The standard InChI is InChI=1S/C44H30N4/c1-46-29-47(42-23-8-7-22-41(42)46)33-16-11-15-32(28-33)44(31-13-3-2-4-14-31)36-19-12-18-35-34-17-5-6-21-39(34)48(43(35)36)40-25-24-30(27-37(40)44)38-20-9-10-26-45-38/h2-28H,1H3. The van der Waals surface area contributed by atoms with E-state index in [1.807, 2.05) is 12.3 Å². The molecule has 1 aliphatic rings. The van der Waals surface area contributed by atoms with E-state index in [9.17, 15) is 0 Å². The van der Waals surface area contributed by atoms with E-state index in [1.165, 1.54) is 49.7 Å². The van der Waals surface area contributed by atoms with Gasteiger partial charge in [-0.05, 0) is 52.6 Å². The second-order valence-electron chi connectivity index (χ2n) is 12.7. The minimum absolute atomic E-state index is 0.633. The van der Waals surface area contributed by atoms with E-state index in [-0.39, 0.29) is 0 Å². The highest BCUT2D eigenvalue weighted by atomic mass is 15.1. The van der Waals surface area contributed by atoms with Crippen molar-refractivity contribution in [1.82, 2.24) is 14.1 Å². The Bertz CT molecular complexity index is 2680. The van der Waals surface area contributed by atoms with Crippen molar-refractivity contribution in [2.24, 2.45) is 7.05 Å². The van der Waals surface area contributed by atoms with Gasteiger partial charge >= 0.3 is 0 Å². The maximum Gasteiger partial charge on any atom is 0.244 e. The summed E-state index contributed by atoms with van der Waals surface area (Å²) in [7, 11) is 2.06. The first-order chi connectivity index (χ1) is 23.7. The lowest BCUT2D eigenvalue weighted by molar-refractivity contribution is -0.649. The van der Waals surface area contributed by atoms with Gasteiger partial charge in [0.25, 0.3) is 0 Å². The quantitative estimate of drug-likeness (QED) is 0.143. The Morgan fingerprint density at radius 1 is 0.604 bits per heavy atom. The minimum Gasteiger partial charge on any atom is -0.319 e. The molecule has 0 saturated heterocycles. The second-order valence-corrected chi connectivity index (χ2v) is 12.7. The molecule has 1 aliphatic heterocycles. The van der Waals surface area contributed by atoms with Crippen LogP contribution in [-0.4, -0.2) is 14.1 Å². The molecule has 6 aromatic carbocycles. The Morgan fingerprint density at radius 3 is 2.23 bits per heavy atom. The Balaban J connectivity index is 1.38. The third-order valence-electron chi connectivity index (χ3n) is 10.2. The van der Waals surface area contributed by atoms with E-state index >= 15 is 0 Å². The number of fused-ring (bicyclic) bond motifs is 6. The van der Waals surface area contributed by atoms with Crippen LogP contribution < -0.4 is 4.57 Å². The molecule has 9 aromatic rings. The third kappa shape index (κ3) is 3.60. The summed E-state index contributed by atoms with van der Waals surface area (Å²) in [5, 5.41) is 2.52. The van der Waals surface area contributed by atoms with Crippen LogP contribution in [0.5, 0.6) is 0 Å². The first-order valence-corrected chi connectivity index (χ1v) is 16.4. The van der Waals surface area contributed by atoms with E-state index in [1.54, 1.807) is 0 Å². The van der Waals surface area contributed by atoms with Gasteiger partial charge in [-0.1, -0.05) is 127 Å². The zero-order valence-corrected chi connectivity index (χ0v) is 26.4. The maximum atomic E-state index is 4.78. The molecule has 0 aliphatic carbocycles. The van der Waals surface area contributed by atoms with Gasteiger partial charge in [0, 0.05) is 22.5 Å². The van der Waals surface area contributed by atoms with Crippen LogP contribution in [0.15, 0.2) is 164 Å². The van der Waals surface area contributed by atoms with Gasteiger partial charge in [-0.25, -0.2) is 0 Å². The summed E-state index contributed by atoms with van der Waals surface area (Å²) in [6.07, 6.45) is 5.45. The fourth-order valence-electron chi connectivity index (χ4n) is 8.19. The van der Waals surface area contributed by atoms with Gasteiger partial charge in [-0.15, -0.1) is 0 Å². The topological polar surface area (TPSA) is 26.6 Å². The Hall–Kier alpha value is -6.26. The molecule has 4 heterocycles. The molecule has 0 spiro atoms. The largest absolute Gasteiger partial charge is 0.319 e. The lowest BCUT2D eigenvalue weighted by atomic mass is 9.62. The average Bonchev–Trinajstić information content (AvgIpc) is 3.68. The Kier molecular flexibility index (Phi) is 5.67. The zero-order chi connectivity index (χ0) is 31.8. The van der Waals surface area contributed by atoms with E-state index in [0.717, 1.165) is 28.0 Å². The van der Waals surface area contributed by atoms with Crippen molar-refractivity contribution in [3.05, 3.63) is 193 Å². The average molecular weight is 615 g/mol. The van der Waals surface area contributed by atoms with Crippen LogP contribution in [0.2, 0.25) is 0 Å². The van der Waals surface area contributed by atoms with Crippen LogP contribution in [-0.2, 0) is 12.5 Å². The van der Waals surface area contributed by atoms with Crippen molar-refractivity contribution in [3.63, 3.8) is 0 Å². The third-order valence-corrected chi connectivity index (χ3v) is 10.2. The van der Waals surface area contributed by atoms with Crippen LogP contribution in [0.1, 0.15) is 22.3 Å². The van der Waals surface area contributed by atoms with Crippen LogP contribution >= 0.6 is 0 Å². The number of pyridine rings is 1. The predicted octanol–water partition coefficient (Wildman–Crippen LogP) is 9.11. The second kappa shape index (κ2) is 10.1. The normalized spacial score (nSPS) is 15.3. The van der Waals surface area contributed by atoms with Gasteiger partial charge in [0.05, 0.1) is 51.6 Å². The van der Waals surface area contributed by atoms with E-state index in [4.69, 9.17) is 4.98 Å². The molecule has 0 N–H and O–H groups in total. The van der Waals surface area contributed by atoms with Gasteiger partial charge in [-0.2, -0.15) is 0 Å². The molecule has 1 unspecified atom stereocenters. The molecule has 226 valence electrons. The van der Waals surface area contributed by atoms with Crippen molar-refractivity contribution in [2.75, 3.05) is 0 Å². The number of rotatable bonds is 4. The molecule has 4 nitrogen and oxygen atoms in total. The van der Waals surface area contributed by atoms with Crippen molar-refractivity contribution in [3.8, 4) is 22.6 Å². The highest BCUT2D eigenvalue weighted by molar-refractivity contribution is 6.12. The fraction of sp³-hybridized carbons (Fsp3) is 0.0455. The highest BCUT2D eigenvalue weighted by Crippen LogP contribution is 2.55. The number of hydrogen-bond acceptors (Lipinski definition) is 1.